The number of nitrogens with zero attached hydrogens (tertiary/aromatic N) is 1. The number of halogens is 1. The Balaban J connectivity index is 3.29. The van der Waals surface area contributed by atoms with Gasteiger partial charge in [-0.05, 0) is 12.1 Å². The van der Waals surface area contributed by atoms with Crippen molar-refractivity contribution in [2.24, 2.45) is 0 Å². The van der Waals surface area contributed by atoms with E-state index in [4.69, 9.17) is 22.2 Å². The summed E-state index contributed by atoms with van der Waals surface area (Å²) in [5, 5.41) is 10.7. The molecule has 1 rings (SSSR count). The minimum Gasteiger partial charge on any atom is -0.502 e. The Hall–Kier alpha value is -1.42. The number of rotatable bonds is 2. The summed E-state index contributed by atoms with van der Waals surface area (Å²) in [5.41, 5.74) is 8.57. The molecule has 0 aliphatic carbocycles. The number of nitrogens with one attached hydrogen (secondary N) is 1. The molecular formula is C7H5ClN2O2. The summed E-state index contributed by atoms with van der Waals surface area (Å²) in [5.74, 6) is -1.12. The Labute approximate surface area is 73.3 Å². The van der Waals surface area contributed by atoms with Gasteiger partial charge in [-0.2, -0.15) is 0 Å². The molecular weight excluding hydrogens is 180 g/mol. The van der Waals surface area contributed by atoms with Crippen molar-refractivity contribution in [3.05, 3.63) is 34.3 Å². The summed E-state index contributed by atoms with van der Waals surface area (Å²) in [4.78, 5) is 10.5. The molecule has 1 aromatic rings. The van der Waals surface area contributed by atoms with Crippen LogP contribution in [0.15, 0.2) is 18.2 Å². The zero-order valence-corrected chi connectivity index (χ0v) is 6.67. The molecule has 0 atom stereocenters. The topological polar surface area (TPSA) is 73.6 Å². The average molecular weight is 185 g/mol. The monoisotopic (exact) mass is 184 g/mol. The van der Waals surface area contributed by atoms with Crippen LogP contribution in [0.3, 0.4) is 0 Å². The predicted molar refractivity (Wildman–Crippen MR) is 42.4 cm³/mol. The minimum absolute atomic E-state index is 0.0260. The van der Waals surface area contributed by atoms with Gasteiger partial charge in [0.05, 0.1) is 0 Å². The van der Waals surface area contributed by atoms with E-state index in [2.05, 4.69) is 0 Å². The van der Waals surface area contributed by atoms with Crippen molar-refractivity contribution in [3.8, 4) is 0 Å². The Morgan fingerprint density at radius 2 is 2.25 bits per heavy atom. The number of hydrogen-bond acceptors (Lipinski definition) is 1. The van der Waals surface area contributed by atoms with Gasteiger partial charge in [0.1, 0.15) is 5.56 Å². The Bertz CT molecular complexity index is 338. The molecule has 0 bridgehead atoms. The average Bonchev–Trinajstić information content (AvgIpc) is 2.03. The summed E-state index contributed by atoms with van der Waals surface area (Å²) in [6.07, 6.45) is 0. The summed E-state index contributed by atoms with van der Waals surface area (Å²) in [6.45, 7) is 0. The van der Waals surface area contributed by atoms with Crippen LogP contribution in [0, 0.1) is 0 Å². The summed E-state index contributed by atoms with van der Waals surface area (Å²) in [6, 6.07) is 4.07. The molecule has 0 aromatic heterocycles. The Kier molecular flexibility index (Phi) is 2.40. The largest absolute Gasteiger partial charge is 0.502 e. The Morgan fingerprint density at radius 3 is 2.75 bits per heavy atom. The maximum Gasteiger partial charge on any atom is 0.342 e. The van der Waals surface area contributed by atoms with Crippen LogP contribution < -0.4 is 5.11 Å². The van der Waals surface area contributed by atoms with Crippen molar-refractivity contribution in [3.63, 3.8) is 0 Å². The maximum atomic E-state index is 10.5. The van der Waals surface area contributed by atoms with Crippen molar-refractivity contribution in [1.82, 2.24) is 0 Å². The van der Waals surface area contributed by atoms with Gasteiger partial charge in [0, 0.05) is 11.1 Å². The van der Waals surface area contributed by atoms with Crippen LogP contribution in [0.1, 0.15) is 10.4 Å². The quantitative estimate of drug-likeness (QED) is 0.667. The highest BCUT2D eigenvalue weighted by Crippen LogP contribution is 2.16. The molecule has 0 saturated heterocycles. The third kappa shape index (κ3) is 1.60. The number of carbonyl (C=O) groups is 1. The fourth-order valence-corrected chi connectivity index (χ4v) is 0.968. The van der Waals surface area contributed by atoms with Crippen molar-refractivity contribution >= 4 is 23.3 Å². The van der Waals surface area contributed by atoms with Crippen molar-refractivity contribution in [2.75, 3.05) is 0 Å². The van der Waals surface area contributed by atoms with E-state index in [1.807, 2.05) is 0 Å². The number of aromatic carboxylic acids is 1. The van der Waals surface area contributed by atoms with Gasteiger partial charge in [-0.3, -0.25) is 5.11 Å². The van der Waals surface area contributed by atoms with Crippen LogP contribution in [-0.2, 0) is 0 Å². The first-order valence-electron chi connectivity index (χ1n) is 3.08. The molecule has 4 nitrogen and oxygen atoms in total. The van der Waals surface area contributed by atoms with E-state index in [9.17, 15) is 4.79 Å². The molecule has 62 valence electrons. The SMILES string of the molecule is [N-]=[NH+]c1cc(Cl)ccc1C(=O)O. The zero-order valence-electron chi connectivity index (χ0n) is 5.91. The second-order valence-electron chi connectivity index (χ2n) is 2.11. The lowest BCUT2D eigenvalue weighted by atomic mass is 10.2. The first-order valence-corrected chi connectivity index (χ1v) is 3.46. The molecule has 1 aromatic carbocycles. The third-order valence-electron chi connectivity index (χ3n) is 1.33. The maximum absolute atomic E-state index is 10.5. The standard InChI is InChI=1S/C7H5ClN2O2/c8-4-1-2-5(7(11)12)6(3-4)10-9/h1-3,10H,(H,11,12). The molecule has 0 aliphatic heterocycles. The summed E-state index contributed by atoms with van der Waals surface area (Å²) < 4.78 is 0. The van der Waals surface area contributed by atoms with Gasteiger partial charge in [0.25, 0.3) is 0 Å². The van der Waals surface area contributed by atoms with Gasteiger partial charge in [-0.15, -0.1) is 0 Å². The zero-order chi connectivity index (χ0) is 9.14. The third-order valence-corrected chi connectivity index (χ3v) is 1.57. The van der Waals surface area contributed by atoms with Crippen molar-refractivity contribution in [2.45, 2.75) is 0 Å². The van der Waals surface area contributed by atoms with E-state index < -0.39 is 5.97 Å². The predicted octanol–water partition coefficient (Wildman–Crippen LogP) is 0.772. The second kappa shape index (κ2) is 3.32. The second-order valence-corrected chi connectivity index (χ2v) is 2.54. The van der Waals surface area contributed by atoms with Gasteiger partial charge in [-0.25, -0.2) is 4.79 Å². The molecule has 0 heterocycles. The van der Waals surface area contributed by atoms with Crippen LogP contribution in [-0.4, -0.2) is 11.1 Å². The van der Waals surface area contributed by atoms with E-state index in [1.165, 1.54) is 18.2 Å². The van der Waals surface area contributed by atoms with Crippen LogP contribution in [0.4, 0.5) is 5.69 Å². The van der Waals surface area contributed by atoms with E-state index >= 15 is 0 Å². The van der Waals surface area contributed by atoms with Crippen LogP contribution >= 0.6 is 11.6 Å². The fourth-order valence-electron chi connectivity index (χ4n) is 0.795. The normalized spacial score (nSPS) is 9.42. The molecule has 0 fully saturated rings. The first-order chi connectivity index (χ1) is 5.65. The summed E-state index contributed by atoms with van der Waals surface area (Å²) in [7, 11) is 0. The number of hydrogen-bond donors (Lipinski definition) is 2. The lowest BCUT2D eigenvalue weighted by molar-refractivity contribution is -0.380. The highest BCUT2D eigenvalue weighted by Gasteiger charge is 2.11. The van der Waals surface area contributed by atoms with Crippen LogP contribution in [0.2, 0.25) is 5.02 Å². The highest BCUT2D eigenvalue weighted by atomic mass is 35.5. The van der Waals surface area contributed by atoms with Gasteiger partial charge >= 0.3 is 5.97 Å². The molecule has 0 saturated carbocycles. The van der Waals surface area contributed by atoms with Gasteiger partial charge in [-0.1, -0.05) is 11.6 Å². The van der Waals surface area contributed by atoms with Crippen molar-refractivity contribution in [1.29, 1.82) is 0 Å². The van der Waals surface area contributed by atoms with E-state index in [1.54, 1.807) is 5.11 Å². The fraction of sp³-hybridized carbons (Fsp3) is 0. The number of carboxylic acid groups (broad SMARTS) is 1. The molecule has 0 radical (unpaired) electrons. The van der Waals surface area contributed by atoms with E-state index in [0.717, 1.165) is 0 Å². The molecule has 5 heteroatoms. The summed E-state index contributed by atoms with van der Waals surface area (Å²) >= 11 is 5.56. The molecule has 12 heavy (non-hydrogen) atoms. The minimum atomic E-state index is -1.12. The molecule has 0 spiro atoms. The first kappa shape index (κ1) is 8.67. The molecule has 0 unspecified atom stereocenters. The molecule has 2 N–H and O–H groups in total. The Morgan fingerprint density at radius 1 is 1.58 bits per heavy atom. The molecule has 0 amide bonds. The van der Waals surface area contributed by atoms with Crippen LogP contribution in [0.5, 0.6) is 0 Å². The number of benzene rings is 1. The number of carboxylic acids is 1. The van der Waals surface area contributed by atoms with E-state index in [0.29, 0.717) is 5.02 Å². The highest BCUT2D eigenvalue weighted by molar-refractivity contribution is 6.30. The molecule has 0 aliphatic rings. The smallest absolute Gasteiger partial charge is 0.342 e. The lowest BCUT2D eigenvalue weighted by Crippen LogP contribution is -2.55. The van der Waals surface area contributed by atoms with Gasteiger partial charge in [0.2, 0.25) is 5.69 Å². The van der Waals surface area contributed by atoms with Crippen molar-refractivity contribution < 1.29 is 15.0 Å². The van der Waals surface area contributed by atoms with E-state index in [-0.39, 0.29) is 11.3 Å². The lowest BCUT2D eigenvalue weighted by Gasteiger charge is -1.96. The van der Waals surface area contributed by atoms with Gasteiger partial charge in [0.15, 0.2) is 0 Å². The van der Waals surface area contributed by atoms with Gasteiger partial charge < -0.3 is 10.6 Å². The van der Waals surface area contributed by atoms with Crippen LogP contribution in [0.25, 0.3) is 5.53 Å².